The van der Waals surface area contributed by atoms with Gasteiger partial charge in [0.05, 0.1) is 24.3 Å². The maximum atomic E-state index is 12.8. The molecule has 0 aliphatic rings. The van der Waals surface area contributed by atoms with Crippen LogP contribution in [0.15, 0.2) is 66.7 Å². The van der Waals surface area contributed by atoms with Crippen LogP contribution >= 0.6 is 0 Å². The van der Waals surface area contributed by atoms with Gasteiger partial charge in [0, 0.05) is 13.2 Å². The summed E-state index contributed by atoms with van der Waals surface area (Å²) in [5.41, 5.74) is 1.50. The molecule has 0 aliphatic heterocycles. The van der Waals surface area contributed by atoms with E-state index in [0.29, 0.717) is 54.6 Å². The Morgan fingerprint density at radius 3 is 1.17 bits per heavy atom. The number of carbonyl (C=O) groups is 2. The number of aliphatic hydroxyl groups excluding tert-OH is 2. The molecule has 3 aromatic carbocycles. The summed E-state index contributed by atoms with van der Waals surface area (Å²) in [5.74, 6) is 1.24. The van der Waals surface area contributed by atoms with E-state index in [-0.39, 0.29) is 0 Å². The van der Waals surface area contributed by atoms with Crippen molar-refractivity contribution in [1.29, 1.82) is 0 Å². The van der Waals surface area contributed by atoms with Crippen LogP contribution in [0.3, 0.4) is 0 Å². The molecule has 0 heterocycles. The number of aliphatic hydroxyl groups is 2. The Kier molecular flexibility index (Phi) is 21.9. The Balaban J connectivity index is 1.30. The number of benzene rings is 3. The van der Waals surface area contributed by atoms with Crippen molar-refractivity contribution < 1.29 is 38.7 Å². The number of hydrogen-bond donors (Lipinski definition) is 2. The topological polar surface area (TPSA) is 112 Å². The van der Waals surface area contributed by atoms with Crippen molar-refractivity contribution in [2.75, 3.05) is 26.4 Å². The van der Waals surface area contributed by atoms with E-state index in [4.69, 9.17) is 29.2 Å². The van der Waals surface area contributed by atoms with Crippen molar-refractivity contribution >= 4 is 11.9 Å². The molecule has 8 nitrogen and oxygen atoms in total. The molecule has 0 spiro atoms. The van der Waals surface area contributed by atoms with Crippen molar-refractivity contribution in [3.63, 3.8) is 0 Å². The van der Waals surface area contributed by atoms with E-state index in [1.807, 2.05) is 0 Å². The monoisotopic (exact) mass is 718 g/mol. The van der Waals surface area contributed by atoms with Crippen molar-refractivity contribution in [1.82, 2.24) is 0 Å². The van der Waals surface area contributed by atoms with Gasteiger partial charge < -0.3 is 29.2 Å². The van der Waals surface area contributed by atoms with Crippen molar-refractivity contribution in [2.24, 2.45) is 0 Å². The first kappa shape index (κ1) is 42.5. The van der Waals surface area contributed by atoms with Gasteiger partial charge in [0.25, 0.3) is 0 Å². The lowest BCUT2D eigenvalue weighted by Crippen LogP contribution is -2.10. The SMILES string of the molecule is Cc1cc(OC(=O)c2ccc(OCCCCCCCCCCCO)cc2)ccc1OC(=O)c1ccc(OCCCCCCCCCCCCO)cc1. The van der Waals surface area contributed by atoms with Crippen LogP contribution in [0.4, 0.5) is 0 Å². The quantitative estimate of drug-likeness (QED) is 0.0414. The Morgan fingerprint density at radius 2 is 0.788 bits per heavy atom. The zero-order chi connectivity index (χ0) is 37.1. The molecule has 0 aliphatic carbocycles. The molecule has 0 atom stereocenters. The molecular formula is C44H62O8. The van der Waals surface area contributed by atoms with Gasteiger partial charge in [-0.25, -0.2) is 9.59 Å². The van der Waals surface area contributed by atoms with Gasteiger partial charge in [-0.1, -0.05) is 96.3 Å². The highest BCUT2D eigenvalue weighted by Crippen LogP contribution is 2.26. The molecule has 0 saturated carbocycles. The second kappa shape index (κ2) is 26.8. The molecule has 0 amide bonds. The smallest absolute Gasteiger partial charge is 0.343 e. The van der Waals surface area contributed by atoms with Gasteiger partial charge >= 0.3 is 11.9 Å². The van der Waals surface area contributed by atoms with Gasteiger partial charge in [0.15, 0.2) is 0 Å². The Bertz CT molecular complexity index is 1390. The van der Waals surface area contributed by atoms with Crippen molar-refractivity contribution in [3.8, 4) is 23.0 Å². The normalized spacial score (nSPS) is 11.0. The first-order valence-electron chi connectivity index (χ1n) is 19.7. The average Bonchev–Trinajstić information content (AvgIpc) is 3.15. The van der Waals surface area contributed by atoms with Crippen LogP contribution in [0.1, 0.15) is 148 Å². The number of unbranched alkanes of at least 4 members (excludes halogenated alkanes) is 17. The fourth-order valence-corrected chi connectivity index (χ4v) is 5.96. The number of ether oxygens (including phenoxy) is 4. The molecule has 0 aromatic heterocycles. The third-order valence-corrected chi connectivity index (χ3v) is 9.13. The van der Waals surface area contributed by atoms with Crippen molar-refractivity contribution in [3.05, 3.63) is 83.4 Å². The molecule has 286 valence electrons. The number of aryl methyl sites for hydroxylation is 1. The van der Waals surface area contributed by atoms with Gasteiger partial charge in [0.1, 0.15) is 23.0 Å². The van der Waals surface area contributed by atoms with Crippen LogP contribution in [0.5, 0.6) is 23.0 Å². The van der Waals surface area contributed by atoms with Crippen LogP contribution < -0.4 is 18.9 Å². The fraction of sp³-hybridized carbons (Fsp3) is 0.545. The van der Waals surface area contributed by atoms with Crippen LogP contribution in [-0.4, -0.2) is 48.6 Å². The van der Waals surface area contributed by atoms with E-state index in [1.165, 1.54) is 70.6 Å². The highest BCUT2D eigenvalue weighted by atomic mass is 16.5. The molecule has 8 heteroatoms. The van der Waals surface area contributed by atoms with Crippen molar-refractivity contribution in [2.45, 2.75) is 129 Å². The van der Waals surface area contributed by atoms with E-state index >= 15 is 0 Å². The lowest BCUT2D eigenvalue weighted by atomic mass is 10.1. The number of carbonyl (C=O) groups excluding carboxylic acids is 2. The highest BCUT2D eigenvalue weighted by Gasteiger charge is 2.14. The molecule has 0 saturated heterocycles. The Hall–Kier alpha value is -3.88. The van der Waals surface area contributed by atoms with E-state index < -0.39 is 11.9 Å². The molecule has 2 N–H and O–H groups in total. The number of rotatable bonds is 29. The molecule has 52 heavy (non-hydrogen) atoms. The molecule has 3 aromatic rings. The van der Waals surface area contributed by atoms with Gasteiger partial charge in [0.2, 0.25) is 0 Å². The third kappa shape index (κ3) is 18.1. The van der Waals surface area contributed by atoms with E-state index in [1.54, 1.807) is 73.7 Å². The second-order valence-corrected chi connectivity index (χ2v) is 13.6. The lowest BCUT2D eigenvalue weighted by molar-refractivity contribution is 0.0718. The molecule has 0 bridgehead atoms. The molecule has 0 fully saturated rings. The van der Waals surface area contributed by atoms with E-state index in [9.17, 15) is 9.59 Å². The number of esters is 2. The first-order valence-corrected chi connectivity index (χ1v) is 19.7. The van der Waals surface area contributed by atoms with E-state index in [2.05, 4.69) is 0 Å². The summed E-state index contributed by atoms with van der Waals surface area (Å²) < 4.78 is 22.9. The zero-order valence-electron chi connectivity index (χ0n) is 31.5. The second-order valence-electron chi connectivity index (χ2n) is 13.6. The third-order valence-electron chi connectivity index (χ3n) is 9.13. The van der Waals surface area contributed by atoms with Gasteiger partial charge in [-0.3, -0.25) is 0 Å². The van der Waals surface area contributed by atoms with Gasteiger partial charge in [-0.05, 0) is 105 Å². The maximum absolute atomic E-state index is 12.8. The van der Waals surface area contributed by atoms with E-state index in [0.717, 1.165) is 62.9 Å². The Morgan fingerprint density at radius 1 is 0.442 bits per heavy atom. The molecule has 0 unspecified atom stereocenters. The summed E-state index contributed by atoms with van der Waals surface area (Å²) in [6.45, 7) is 3.70. The minimum atomic E-state index is -0.480. The van der Waals surface area contributed by atoms with Gasteiger partial charge in [-0.15, -0.1) is 0 Å². The Labute approximate surface area is 311 Å². The first-order chi connectivity index (χ1) is 25.5. The minimum absolute atomic E-state index is 0.299. The summed E-state index contributed by atoms with van der Waals surface area (Å²) in [6.07, 6.45) is 22.0. The fourth-order valence-electron chi connectivity index (χ4n) is 5.96. The maximum Gasteiger partial charge on any atom is 0.343 e. The lowest BCUT2D eigenvalue weighted by Gasteiger charge is -2.11. The summed E-state index contributed by atoms with van der Waals surface area (Å²) in [5, 5.41) is 17.7. The zero-order valence-corrected chi connectivity index (χ0v) is 31.5. The summed E-state index contributed by atoms with van der Waals surface area (Å²) >= 11 is 0. The largest absolute Gasteiger partial charge is 0.494 e. The standard InChI is InChI=1S/C44H62O8/c1-36-35-41(51-43(47)37-21-25-39(26-22-37)49-33-20-16-12-8-4-6-10-14-18-32-46)29-30-42(36)52-44(48)38-23-27-40(28-24-38)50-34-19-15-11-7-3-2-5-9-13-17-31-45/h21-30,35,45-46H,2-20,31-34H2,1H3. The minimum Gasteiger partial charge on any atom is -0.494 e. The molecular weight excluding hydrogens is 656 g/mol. The summed E-state index contributed by atoms with van der Waals surface area (Å²) in [4.78, 5) is 25.6. The number of hydrogen-bond acceptors (Lipinski definition) is 8. The van der Waals surface area contributed by atoms with Crippen LogP contribution in [-0.2, 0) is 0 Å². The molecule has 3 rings (SSSR count). The predicted octanol–water partition coefficient (Wildman–Crippen LogP) is 10.6. The highest BCUT2D eigenvalue weighted by molar-refractivity contribution is 5.92. The molecule has 0 radical (unpaired) electrons. The van der Waals surface area contributed by atoms with Crippen LogP contribution in [0.25, 0.3) is 0 Å². The van der Waals surface area contributed by atoms with Crippen LogP contribution in [0, 0.1) is 6.92 Å². The van der Waals surface area contributed by atoms with Crippen LogP contribution in [0.2, 0.25) is 0 Å². The summed E-state index contributed by atoms with van der Waals surface area (Å²) in [6, 6.07) is 18.8. The summed E-state index contributed by atoms with van der Waals surface area (Å²) in [7, 11) is 0. The van der Waals surface area contributed by atoms with Gasteiger partial charge in [-0.2, -0.15) is 0 Å². The average molecular weight is 719 g/mol. The predicted molar refractivity (Wildman–Crippen MR) is 207 cm³/mol.